The molecule has 0 fully saturated rings. The highest BCUT2D eigenvalue weighted by molar-refractivity contribution is 7.90. The van der Waals surface area contributed by atoms with Crippen molar-refractivity contribution in [2.75, 3.05) is 6.26 Å². The monoisotopic (exact) mass is 329 g/mol. The fraction of sp³-hybridized carbons (Fsp3) is 0.357. The number of aromatic nitrogens is 1. The van der Waals surface area contributed by atoms with Crippen LogP contribution in [0.4, 0.5) is 0 Å². The van der Waals surface area contributed by atoms with E-state index in [1.54, 1.807) is 23.5 Å². The van der Waals surface area contributed by atoms with Crippen molar-refractivity contribution in [2.24, 2.45) is 0 Å². The predicted molar refractivity (Wildman–Crippen MR) is 84.4 cm³/mol. The number of rotatable bonds is 4. The summed E-state index contributed by atoms with van der Waals surface area (Å²) in [7, 11) is -3.33. The largest absolute Gasteiger partial charge is 0.246 e. The summed E-state index contributed by atoms with van der Waals surface area (Å²) >= 11 is 7.59. The Hall–Kier alpha value is -0.910. The number of hydrogen-bond donors (Lipinski definition) is 0. The van der Waals surface area contributed by atoms with E-state index in [2.05, 4.69) is 11.9 Å². The SMILES string of the molecule is CCCc1nc(C)c(-c2ccc(Cl)c(S(C)(=O)=O)c2)s1. The van der Waals surface area contributed by atoms with Crippen LogP contribution in [0.1, 0.15) is 24.0 Å². The molecule has 0 unspecified atom stereocenters. The Morgan fingerprint density at radius 3 is 2.65 bits per heavy atom. The van der Waals surface area contributed by atoms with E-state index in [0.717, 1.165) is 34.0 Å². The molecule has 0 atom stereocenters. The van der Waals surface area contributed by atoms with Crippen LogP contribution in [0.25, 0.3) is 10.4 Å². The maximum Gasteiger partial charge on any atom is 0.177 e. The standard InChI is InChI=1S/C14H16ClNO2S2/c1-4-5-13-16-9(2)14(19-13)10-6-7-11(15)12(8-10)20(3,17)18/h6-8H,4-5H2,1-3H3. The van der Waals surface area contributed by atoms with Gasteiger partial charge in [-0.05, 0) is 37.5 Å². The van der Waals surface area contributed by atoms with E-state index in [1.165, 1.54) is 6.26 Å². The summed E-state index contributed by atoms with van der Waals surface area (Å²) in [6, 6.07) is 5.10. The van der Waals surface area contributed by atoms with Crippen molar-refractivity contribution in [2.45, 2.75) is 31.6 Å². The molecule has 3 nitrogen and oxygen atoms in total. The molecule has 0 aliphatic rings. The summed E-state index contributed by atoms with van der Waals surface area (Å²) in [4.78, 5) is 5.70. The average Bonchev–Trinajstić information content (AvgIpc) is 2.70. The number of halogens is 1. The average molecular weight is 330 g/mol. The lowest BCUT2D eigenvalue weighted by atomic mass is 10.1. The Kier molecular flexibility index (Phi) is 4.52. The van der Waals surface area contributed by atoms with E-state index in [1.807, 2.05) is 13.0 Å². The van der Waals surface area contributed by atoms with Crippen LogP contribution in [0.3, 0.4) is 0 Å². The zero-order valence-electron chi connectivity index (χ0n) is 11.6. The smallest absolute Gasteiger partial charge is 0.177 e. The molecule has 20 heavy (non-hydrogen) atoms. The normalized spacial score (nSPS) is 11.8. The van der Waals surface area contributed by atoms with Gasteiger partial charge in [0, 0.05) is 6.26 Å². The lowest BCUT2D eigenvalue weighted by Crippen LogP contribution is -1.98. The number of thiazole rings is 1. The van der Waals surface area contributed by atoms with Crippen molar-refractivity contribution in [3.8, 4) is 10.4 Å². The van der Waals surface area contributed by atoms with Gasteiger partial charge in [-0.25, -0.2) is 13.4 Å². The number of nitrogens with zero attached hydrogens (tertiary/aromatic N) is 1. The van der Waals surface area contributed by atoms with Gasteiger partial charge in [0.25, 0.3) is 0 Å². The Labute approximate surface area is 128 Å². The first-order valence-corrected chi connectivity index (χ1v) is 9.37. The summed E-state index contributed by atoms with van der Waals surface area (Å²) in [6.45, 7) is 4.06. The van der Waals surface area contributed by atoms with Gasteiger partial charge in [-0.15, -0.1) is 11.3 Å². The zero-order valence-corrected chi connectivity index (χ0v) is 14.0. The second kappa shape index (κ2) is 5.84. The minimum Gasteiger partial charge on any atom is -0.246 e. The van der Waals surface area contributed by atoms with Gasteiger partial charge in [-0.3, -0.25) is 0 Å². The molecular formula is C14H16ClNO2S2. The van der Waals surface area contributed by atoms with Gasteiger partial charge in [-0.1, -0.05) is 24.6 Å². The van der Waals surface area contributed by atoms with Crippen molar-refractivity contribution in [1.29, 1.82) is 0 Å². The fourth-order valence-electron chi connectivity index (χ4n) is 1.97. The molecule has 0 amide bonds. The second-order valence-electron chi connectivity index (χ2n) is 4.69. The van der Waals surface area contributed by atoms with Crippen LogP contribution in [0.2, 0.25) is 5.02 Å². The third-order valence-corrected chi connectivity index (χ3v) is 5.74. The number of aryl methyl sites for hydroxylation is 2. The van der Waals surface area contributed by atoms with Crippen molar-refractivity contribution in [3.05, 3.63) is 33.9 Å². The molecule has 0 spiro atoms. The fourth-order valence-corrected chi connectivity index (χ4v) is 4.43. The van der Waals surface area contributed by atoms with Crippen LogP contribution in [0, 0.1) is 6.92 Å². The molecule has 2 rings (SSSR count). The van der Waals surface area contributed by atoms with Crippen molar-refractivity contribution in [3.63, 3.8) is 0 Å². The second-order valence-corrected chi connectivity index (χ2v) is 8.16. The lowest BCUT2D eigenvalue weighted by molar-refractivity contribution is 0.602. The van der Waals surface area contributed by atoms with Crippen LogP contribution in [0.15, 0.2) is 23.1 Å². The van der Waals surface area contributed by atoms with Crippen LogP contribution >= 0.6 is 22.9 Å². The quantitative estimate of drug-likeness (QED) is 0.847. The van der Waals surface area contributed by atoms with E-state index in [0.29, 0.717) is 0 Å². The molecule has 1 aromatic heterocycles. The van der Waals surface area contributed by atoms with Crippen LogP contribution in [-0.4, -0.2) is 19.7 Å². The van der Waals surface area contributed by atoms with E-state index >= 15 is 0 Å². The van der Waals surface area contributed by atoms with Crippen molar-refractivity contribution < 1.29 is 8.42 Å². The molecule has 2 aromatic rings. The molecule has 0 bridgehead atoms. The highest BCUT2D eigenvalue weighted by atomic mass is 35.5. The van der Waals surface area contributed by atoms with Crippen molar-refractivity contribution in [1.82, 2.24) is 4.98 Å². The van der Waals surface area contributed by atoms with E-state index < -0.39 is 9.84 Å². The lowest BCUT2D eigenvalue weighted by Gasteiger charge is -2.05. The predicted octanol–water partition coefficient (Wildman–Crippen LogP) is 4.13. The number of sulfone groups is 1. The third kappa shape index (κ3) is 3.22. The van der Waals surface area contributed by atoms with Gasteiger partial charge in [0.2, 0.25) is 0 Å². The van der Waals surface area contributed by atoms with Gasteiger partial charge in [0.15, 0.2) is 9.84 Å². The van der Waals surface area contributed by atoms with Gasteiger partial charge >= 0.3 is 0 Å². The molecule has 0 aliphatic carbocycles. The van der Waals surface area contributed by atoms with Crippen LogP contribution < -0.4 is 0 Å². The zero-order chi connectivity index (χ0) is 14.9. The molecule has 0 N–H and O–H groups in total. The molecule has 0 saturated carbocycles. The van der Waals surface area contributed by atoms with Crippen LogP contribution in [-0.2, 0) is 16.3 Å². The Bertz CT molecular complexity index is 736. The first-order chi connectivity index (χ1) is 9.32. The Morgan fingerprint density at radius 2 is 2.05 bits per heavy atom. The minimum atomic E-state index is -3.33. The van der Waals surface area contributed by atoms with E-state index in [9.17, 15) is 8.42 Å². The first kappa shape index (κ1) is 15.5. The first-order valence-electron chi connectivity index (χ1n) is 6.29. The van der Waals surface area contributed by atoms with Gasteiger partial charge in [0.05, 0.1) is 25.5 Å². The molecule has 108 valence electrons. The maximum atomic E-state index is 11.7. The van der Waals surface area contributed by atoms with Gasteiger partial charge in [-0.2, -0.15) is 0 Å². The minimum absolute atomic E-state index is 0.168. The van der Waals surface area contributed by atoms with Gasteiger partial charge < -0.3 is 0 Å². The maximum absolute atomic E-state index is 11.7. The molecule has 0 saturated heterocycles. The number of benzene rings is 1. The summed E-state index contributed by atoms with van der Waals surface area (Å²) in [5, 5.41) is 1.34. The number of hydrogen-bond acceptors (Lipinski definition) is 4. The highest BCUT2D eigenvalue weighted by Crippen LogP contribution is 2.34. The molecule has 1 heterocycles. The van der Waals surface area contributed by atoms with Gasteiger partial charge in [0.1, 0.15) is 0 Å². The van der Waals surface area contributed by atoms with Crippen molar-refractivity contribution >= 4 is 32.8 Å². The topological polar surface area (TPSA) is 47.0 Å². The molecule has 0 radical (unpaired) electrons. The summed E-state index contributed by atoms with van der Waals surface area (Å²) in [6.07, 6.45) is 3.15. The molecular weight excluding hydrogens is 314 g/mol. The Morgan fingerprint density at radius 1 is 1.35 bits per heavy atom. The van der Waals surface area contributed by atoms with E-state index in [4.69, 9.17) is 11.6 Å². The Balaban J connectivity index is 2.54. The summed E-state index contributed by atoms with van der Waals surface area (Å²) in [5.74, 6) is 0. The summed E-state index contributed by atoms with van der Waals surface area (Å²) < 4.78 is 23.5. The highest BCUT2D eigenvalue weighted by Gasteiger charge is 2.16. The summed E-state index contributed by atoms with van der Waals surface area (Å²) in [5.41, 5.74) is 1.78. The van der Waals surface area contributed by atoms with E-state index in [-0.39, 0.29) is 9.92 Å². The molecule has 1 aromatic carbocycles. The molecule has 0 aliphatic heterocycles. The third-order valence-electron chi connectivity index (χ3n) is 2.90. The molecule has 6 heteroatoms. The van der Waals surface area contributed by atoms with Crippen LogP contribution in [0.5, 0.6) is 0 Å².